The first-order valence-corrected chi connectivity index (χ1v) is 9.91. The molecule has 4 rings (SSSR count). The highest BCUT2D eigenvalue weighted by molar-refractivity contribution is 7.99. The van der Waals surface area contributed by atoms with Crippen LogP contribution >= 0.6 is 11.8 Å². The molecular formula is C22H17N5OS. The minimum atomic E-state index is -0.156. The van der Waals surface area contributed by atoms with Crippen LogP contribution in [0.1, 0.15) is 21.7 Å². The number of carbonyl (C=O) groups is 1. The molecule has 0 saturated carbocycles. The van der Waals surface area contributed by atoms with E-state index in [4.69, 9.17) is 0 Å². The van der Waals surface area contributed by atoms with Crippen molar-refractivity contribution in [3.8, 4) is 6.07 Å². The van der Waals surface area contributed by atoms with E-state index in [-0.39, 0.29) is 5.91 Å². The first-order chi connectivity index (χ1) is 14.3. The van der Waals surface area contributed by atoms with Crippen molar-refractivity contribution in [1.29, 1.82) is 5.26 Å². The van der Waals surface area contributed by atoms with E-state index >= 15 is 0 Å². The molecule has 0 bridgehead atoms. The number of aromatic nitrogens is 3. The average molecular weight is 399 g/mol. The fourth-order valence-electron chi connectivity index (χ4n) is 2.95. The summed E-state index contributed by atoms with van der Waals surface area (Å²) < 4.78 is 1.91. The number of hydrogen-bond acceptors (Lipinski definition) is 5. The lowest BCUT2D eigenvalue weighted by Gasteiger charge is -2.10. The van der Waals surface area contributed by atoms with Crippen LogP contribution in [0.25, 0.3) is 5.65 Å². The van der Waals surface area contributed by atoms with Gasteiger partial charge in [-0.2, -0.15) is 5.26 Å². The molecule has 1 N–H and O–H groups in total. The van der Waals surface area contributed by atoms with Gasteiger partial charge in [0.1, 0.15) is 11.9 Å². The number of carbonyl (C=O) groups excluding carboxylic acids is 1. The number of amides is 1. The first kappa shape index (κ1) is 18.7. The molecule has 29 heavy (non-hydrogen) atoms. The van der Waals surface area contributed by atoms with Crippen molar-refractivity contribution >= 4 is 23.3 Å². The molecule has 0 fully saturated rings. The van der Waals surface area contributed by atoms with Crippen molar-refractivity contribution in [2.75, 3.05) is 6.54 Å². The maximum atomic E-state index is 12.8. The van der Waals surface area contributed by atoms with Crippen LogP contribution in [0.5, 0.6) is 0 Å². The zero-order valence-electron chi connectivity index (χ0n) is 15.4. The Balaban J connectivity index is 1.46. The largest absolute Gasteiger partial charge is 0.352 e. The summed E-state index contributed by atoms with van der Waals surface area (Å²) in [6.07, 6.45) is 2.48. The van der Waals surface area contributed by atoms with Crippen molar-refractivity contribution in [2.24, 2.45) is 0 Å². The minimum absolute atomic E-state index is 0.156. The molecule has 0 aliphatic heterocycles. The molecule has 0 spiro atoms. The van der Waals surface area contributed by atoms with Gasteiger partial charge in [0.2, 0.25) is 0 Å². The second kappa shape index (κ2) is 8.59. The van der Waals surface area contributed by atoms with E-state index in [1.165, 1.54) is 11.8 Å². The Kier molecular flexibility index (Phi) is 5.54. The Labute approximate surface area is 172 Å². The van der Waals surface area contributed by atoms with Crippen molar-refractivity contribution in [3.63, 3.8) is 0 Å². The lowest BCUT2D eigenvalue weighted by molar-refractivity contribution is 0.0951. The highest BCUT2D eigenvalue weighted by Gasteiger charge is 2.14. The maximum absolute atomic E-state index is 12.8. The molecule has 2 heterocycles. The molecule has 1 amide bonds. The van der Waals surface area contributed by atoms with E-state index in [9.17, 15) is 10.1 Å². The summed E-state index contributed by atoms with van der Waals surface area (Å²) in [6.45, 7) is 0.447. The third-order valence-corrected chi connectivity index (χ3v) is 5.53. The predicted molar refractivity (Wildman–Crippen MR) is 111 cm³/mol. The van der Waals surface area contributed by atoms with Gasteiger partial charge in [0.25, 0.3) is 5.91 Å². The summed E-state index contributed by atoms with van der Waals surface area (Å²) in [5, 5.41) is 20.6. The average Bonchev–Trinajstić information content (AvgIpc) is 3.17. The lowest BCUT2D eigenvalue weighted by atomic mass is 10.2. The molecule has 6 nitrogen and oxygen atoms in total. The van der Waals surface area contributed by atoms with Crippen molar-refractivity contribution in [1.82, 2.24) is 19.9 Å². The van der Waals surface area contributed by atoms with Crippen LogP contribution in [-0.2, 0) is 6.42 Å². The topological polar surface area (TPSA) is 83.1 Å². The Morgan fingerprint density at radius 1 is 1.00 bits per heavy atom. The molecule has 0 saturated heterocycles. The molecule has 2 aromatic carbocycles. The Morgan fingerprint density at radius 3 is 2.62 bits per heavy atom. The highest BCUT2D eigenvalue weighted by Crippen LogP contribution is 2.32. The second-order valence-electron chi connectivity index (χ2n) is 6.26. The van der Waals surface area contributed by atoms with Gasteiger partial charge in [-0.25, -0.2) is 0 Å². The summed E-state index contributed by atoms with van der Waals surface area (Å²) in [5.74, 6) is 0.642. The molecule has 0 unspecified atom stereocenters. The van der Waals surface area contributed by atoms with Gasteiger partial charge in [-0.3, -0.25) is 9.20 Å². The molecule has 0 aliphatic carbocycles. The maximum Gasteiger partial charge on any atom is 0.252 e. The number of hydrogen-bond donors (Lipinski definition) is 1. The summed E-state index contributed by atoms with van der Waals surface area (Å²) in [7, 11) is 0. The summed E-state index contributed by atoms with van der Waals surface area (Å²) in [5.41, 5.74) is 1.95. The molecule has 0 radical (unpaired) electrons. The van der Waals surface area contributed by atoms with Gasteiger partial charge < -0.3 is 5.32 Å². The van der Waals surface area contributed by atoms with Crippen molar-refractivity contribution in [2.45, 2.75) is 16.2 Å². The SMILES string of the molecule is N#Cc1ccccc1Sc1ccccc1C(=O)NCCc1nnc2ccccn12. The standard InChI is InChI=1S/C22H17N5OS/c23-15-16-7-1-3-9-18(16)29-19-10-4-2-8-17(19)22(28)24-13-12-21-26-25-20-11-5-6-14-27(20)21/h1-11,14H,12-13H2,(H,24,28). The summed E-state index contributed by atoms with van der Waals surface area (Å²) >= 11 is 1.42. The van der Waals surface area contributed by atoms with Crippen LogP contribution in [0.4, 0.5) is 0 Å². The Hall–Kier alpha value is -3.63. The molecule has 7 heteroatoms. The van der Waals surface area contributed by atoms with E-state index in [0.29, 0.717) is 24.1 Å². The number of nitriles is 1. The summed E-state index contributed by atoms with van der Waals surface area (Å²) in [6, 6.07) is 22.7. The van der Waals surface area contributed by atoms with Crippen LogP contribution in [0, 0.1) is 11.3 Å². The number of nitrogens with zero attached hydrogens (tertiary/aromatic N) is 4. The van der Waals surface area contributed by atoms with E-state index in [1.54, 1.807) is 12.1 Å². The third kappa shape index (κ3) is 4.13. The number of nitrogens with one attached hydrogen (secondary N) is 1. The zero-order valence-corrected chi connectivity index (χ0v) is 16.3. The smallest absolute Gasteiger partial charge is 0.252 e. The highest BCUT2D eigenvalue weighted by atomic mass is 32.2. The van der Waals surface area contributed by atoms with Gasteiger partial charge in [-0.05, 0) is 36.4 Å². The van der Waals surface area contributed by atoms with E-state index in [1.807, 2.05) is 65.2 Å². The minimum Gasteiger partial charge on any atom is -0.352 e. The van der Waals surface area contributed by atoms with Gasteiger partial charge in [0, 0.05) is 29.0 Å². The van der Waals surface area contributed by atoms with Gasteiger partial charge in [0.05, 0.1) is 11.1 Å². The molecule has 0 aliphatic rings. The molecule has 2 aromatic heterocycles. The third-order valence-electron chi connectivity index (χ3n) is 4.38. The van der Waals surface area contributed by atoms with Crippen LogP contribution in [0.2, 0.25) is 0 Å². The van der Waals surface area contributed by atoms with E-state index in [2.05, 4.69) is 21.6 Å². The normalized spacial score (nSPS) is 10.6. The number of fused-ring (bicyclic) bond motifs is 1. The first-order valence-electron chi connectivity index (χ1n) is 9.09. The quantitative estimate of drug-likeness (QED) is 0.534. The molecule has 142 valence electrons. The molecule has 4 aromatic rings. The monoisotopic (exact) mass is 399 g/mol. The van der Waals surface area contributed by atoms with Gasteiger partial charge >= 0.3 is 0 Å². The molecular weight excluding hydrogens is 382 g/mol. The van der Waals surface area contributed by atoms with Crippen LogP contribution < -0.4 is 5.32 Å². The lowest BCUT2D eigenvalue weighted by Crippen LogP contribution is -2.26. The fraction of sp³-hybridized carbons (Fsp3) is 0.0909. The summed E-state index contributed by atoms with van der Waals surface area (Å²) in [4.78, 5) is 14.4. The predicted octanol–water partition coefficient (Wildman–Crippen LogP) is 3.72. The van der Waals surface area contributed by atoms with E-state index in [0.717, 1.165) is 21.3 Å². The Morgan fingerprint density at radius 2 is 1.76 bits per heavy atom. The number of benzene rings is 2. The van der Waals surface area contributed by atoms with E-state index < -0.39 is 0 Å². The van der Waals surface area contributed by atoms with Gasteiger partial charge in [-0.15, -0.1) is 10.2 Å². The fourth-order valence-corrected chi connectivity index (χ4v) is 3.98. The van der Waals surface area contributed by atoms with Crippen LogP contribution in [0.15, 0.2) is 82.7 Å². The van der Waals surface area contributed by atoms with Crippen molar-refractivity contribution in [3.05, 3.63) is 89.9 Å². The van der Waals surface area contributed by atoms with Crippen molar-refractivity contribution < 1.29 is 4.79 Å². The van der Waals surface area contributed by atoms with Gasteiger partial charge in [-0.1, -0.05) is 42.1 Å². The van der Waals surface area contributed by atoms with Crippen LogP contribution in [-0.4, -0.2) is 27.0 Å². The van der Waals surface area contributed by atoms with Gasteiger partial charge in [0.15, 0.2) is 5.65 Å². The number of rotatable bonds is 6. The van der Waals surface area contributed by atoms with Crippen LogP contribution in [0.3, 0.4) is 0 Å². The Bertz CT molecular complexity index is 1210. The number of pyridine rings is 1. The zero-order chi connectivity index (χ0) is 20.1. The molecule has 0 atom stereocenters. The second-order valence-corrected chi connectivity index (χ2v) is 7.34.